The van der Waals surface area contributed by atoms with Crippen LogP contribution < -0.4 is 25.6 Å². The zero-order valence-corrected chi connectivity index (χ0v) is 18.4. The number of fused-ring (bicyclic) bond motifs is 1. The molecule has 3 N–H and O–H groups in total. The topological polar surface area (TPSA) is 124 Å². The van der Waals surface area contributed by atoms with Crippen LogP contribution in [0.25, 0.3) is 0 Å². The standard InChI is InChI=1S/C22H21N5O5S/c1-27-11-10-23-22(27)33-13-19(28)24-15-8-6-14(7-9-15)20(29)25-26-21(30)18-12-31-16-4-2-3-5-17(16)32-18/h2-11,18H,12-13H2,1H3,(H,24,28)(H,25,29)(H,26,30). The van der Waals surface area contributed by atoms with E-state index in [0.29, 0.717) is 22.7 Å². The molecule has 1 unspecified atom stereocenters. The fourth-order valence-corrected chi connectivity index (χ4v) is 3.68. The minimum atomic E-state index is -0.888. The number of thioether (sulfide) groups is 1. The Morgan fingerprint density at radius 1 is 1.09 bits per heavy atom. The third-order valence-electron chi connectivity index (χ3n) is 4.64. The molecule has 0 spiro atoms. The number of aromatic nitrogens is 2. The van der Waals surface area contributed by atoms with Crippen molar-refractivity contribution in [2.45, 2.75) is 11.3 Å². The summed E-state index contributed by atoms with van der Waals surface area (Å²) in [5, 5.41) is 3.51. The van der Waals surface area contributed by atoms with E-state index in [9.17, 15) is 14.4 Å². The summed E-state index contributed by atoms with van der Waals surface area (Å²) in [4.78, 5) is 40.9. The number of carbonyl (C=O) groups excluding carboxylic acids is 3. The third kappa shape index (κ3) is 5.63. The van der Waals surface area contributed by atoms with Gasteiger partial charge in [0.15, 0.2) is 16.7 Å². The van der Waals surface area contributed by atoms with Crippen molar-refractivity contribution < 1.29 is 23.9 Å². The zero-order chi connectivity index (χ0) is 23.2. The van der Waals surface area contributed by atoms with Gasteiger partial charge in [-0.3, -0.25) is 25.2 Å². The van der Waals surface area contributed by atoms with Crippen molar-refractivity contribution in [2.75, 3.05) is 17.7 Å². The molecule has 3 amide bonds. The average Bonchev–Trinajstić information content (AvgIpc) is 3.25. The maximum absolute atomic E-state index is 12.3. The molecule has 170 valence electrons. The normalized spacial score (nSPS) is 14.3. The van der Waals surface area contributed by atoms with Crippen LogP contribution in [-0.4, -0.2) is 45.7 Å². The first-order valence-corrected chi connectivity index (χ1v) is 11.0. The molecule has 2 heterocycles. The predicted octanol–water partition coefficient (Wildman–Crippen LogP) is 1.75. The summed E-state index contributed by atoms with van der Waals surface area (Å²) in [5.41, 5.74) is 5.54. The van der Waals surface area contributed by atoms with E-state index in [2.05, 4.69) is 21.2 Å². The number of carbonyl (C=O) groups is 3. The number of anilines is 1. The number of amides is 3. The Kier molecular flexibility index (Phi) is 6.79. The molecule has 10 nitrogen and oxygen atoms in total. The molecule has 11 heteroatoms. The lowest BCUT2D eigenvalue weighted by molar-refractivity contribution is -0.131. The lowest BCUT2D eigenvalue weighted by atomic mass is 10.2. The first-order valence-electron chi connectivity index (χ1n) is 9.98. The number of hydrogen-bond acceptors (Lipinski definition) is 7. The van der Waals surface area contributed by atoms with Crippen molar-refractivity contribution >= 4 is 35.2 Å². The van der Waals surface area contributed by atoms with Gasteiger partial charge in [0, 0.05) is 30.7 Å². The maximum atomic E-state index is 12.3. The molecule has 0 bridgehead atoms. The van der Waals surface area contributed by atoms with Crippen molar-refractivity contribution in [3.63, 3.8) is 0 Å². The van der Waals surface area contributed by atoms with Gasteiger partial charge < -0.3 is 19.4 Å². The Bertz CT molecular complexity index is 1160. The molecule has 1 aliphatic heterocycles. The molecule has 0 saturated heterocycles. The van der Waals surface area contributed by atoms with Crippen LogP contribution in [-0.2, 0) is 16.6 Å². The van der Waals surface area contributed by atoms with Crippen LogP contribution in [0.3, 0.4) is 0 Å². The van der Waals surface area contributed by atoms with E-state index in [1.807, 2.05) is 11.6 Å². The summed E-state index contributed by atoms with van der Waals surface area (Å²) in [6.07, 6.45) is 2.59. The molecule has 0 radical (unpaired) electrons. The molecule has 1 atom stereocenters. The number of nitrogens with zero attached hydrogens (tertiary/aromatic N) is 2. The Labute approximate surface area is 193 Å². The number of para-hydroxylation sites is 2. The van der Waals surface area contributed by atoms with E-state index in [-0.39, 0.29) is 18.3 Å². The number of imidazole rings is 1. The van der Waals surface area contributed by atoms with Gasteiger partial charge in [0.25, 0.3) is 11.8 Å². The van der Waals surface area contributed by atoms with E-state index in [1.54, 1.807) is 60.9 Å². The summed E-state index contributed by atoms with van der Waals surface area (Å²) in [6.45, 7) is 0.0333. The molecule has 3 aromatic rings. The van der Waals surface area contributed by atoms with E-state index in [1.165, 1.54) is 11.8 Å². The second-order valence-corrected chi connectivity index (χ2v) is 7.99. The minimum absolute atomic E-state index is 0.0333. The van der Waals surface area contributed by atoms with Crippen molar-refractivity contribution in [1.82, 2.24) is 20.4 Å². The highest BCUT2D eigenvalue weighted by molar-refractivity contribution is 7.99. The molecule has 4 rings (SSSR count). The molecule has 0 aliphatic carbocycles. The lowest BCUT2D eigenvalue weighted by Gasteiger charge is -2.25. The van der Waals surface area contributed by atoms with Crippen LogP contribution in [0.4, 0.5) is 5.69 Å². The first kappa shape index (κ1) is 22.2. The largest absolute Gasteiger partial charge is 0.485 e. The van der Waals surface area contributed by atoms with Gasteiger partial charge in [-0.2, -0.15) is 0 Å². The number of ether oxygens (including phenoxy) is 2. The fraction of sp³-hybridized carbons (Fsp3) is 0.182. The summed E-state index contributed by atoms with van der Waals surface area (Å²) < 4.78 is 12.9. The lowest BCUT2D eigenvalue weighted by Crippen LogP contribution is -2.50. The number of nitrogens with one attached hydrogen (secondary N) is 3. The third-order valence-corrected chi connectivity index (χ3v) is 5.70. The van der Waals surface area contributed by atoms with Crippen molar-refractivity contribution in [3.8, 4) is 11.5 Å². The average molecular weight is 468 g/mol. The molecule has 0 fully saturated rings. The summed E-state index contributed by atoms with van der Waals surface area (Å²) in [5.74, 6) is -0.00476. The van der Waals surface area contributed by atoms with Gasteiger partial charge in [0.05, 0.1) is 5.75 Å². The second-order valence-electron chi connectivity index (χ2n) is 7.04. The smallest absolute Gasteiger partial charge is 0.283 e. The van der Waals surface area contributed by atoms with E-state index in [0.717, 1.165) is 5.16 Å². The van der Waals surface area contributed by atoms with E-state index < -0.39 is 17.9 Å². The predicted molar refractivity (Wildman–Crippen MR) is 121 cm³/mol. The van der Waals surface area contributed by atoms with Gasteiger partial charge in [-0.25, -0.2) is 4.98 Å². The fourth-order valence-electron chi connectivity index (χ4n) is 2.94. The highest BCUT2D eigenvalue weighted by Crippen LogP contribution is 2.30. The van der Waals surface area contributed by atoms with Crippen LogP contribution in [0.15, 0.2) is 66.1 Å². The van der Waals surface area contributed by atoms with Crippen LogP contribution >= 0.6 is 11.8 Å². The van der Waals surface area contributed by atoms with Crippen LogP contribution in [0, 0.1) is 0 Å². The SMILES string of the molecule is Cn1ccnc1SCC(=O)Nc1ccc(C(=O)NNC(=O)C2COc3ccccc3O2)cc1. The number of hydrogen-bond donors (Lipinski definition) is 3. The van der Waals surface area contributed by atoms with Gasteiger partial charge >= 0.3 is 0 Å². The van der Waals surface area contributed by atoms with Crippen molar-refractivity contribution in [3.05, 3.63) is 66.5 Å². The van der Waals surface area contributed by atoms with E-state index >= 15 is 0 Å². The minimum Gasteiger partial charge on any atom is -0.485 e. The van der Waals surface area contributed by atoms with Crippen LogP contribution in [0.1, 0.15) is 10.4 Å². The Morgan fingerprint density at radius 2 is 1.85 bits per heavy atom. The Morgan fingerprint density at radius 3 is 2.58 bits per heavy atom. The number of rotatable bonds is 6. The first-order chi connectivity index (χ1) is 16.0. The molecule has 1 aromatic heterocycles. The van der Waals surface area contributed by atoms with Gasteiger partial charge in [0.1, 0.15) is 6.61 Å². The molecule has 33 heavy (non-hydrogen) atoms. The molecular formula is C22H21N5O5S. The maximum Gasteiger partial charge on any atom is 0.283 e. The highest BCUT2D eigenvalue weighted by atomic mass is 32.2. The Hall–Kier alpha value is -3.99. The summed E-state index contributed by atoms with van der Waals surface area (Å²) >= 11 is 1.32. The number of benzene rings is 2. The van der Waals surface area contributed by atoms with Gasteiger partial charge in [-0.05, 0) is 36.4 Å². The van der Waals surface area contributed by atoms with Crippen molar-refractivity contribution in [2.24, 2.45) is 7.05 Å². The molecule has 1 aliphatic rings. The van der Waals surface area contributed by atoms with Crippen LogP contribution in [0.2, 0.25) is 0 Å². The summed E-state index contributed by atoms with van der Waals surface area (Å²) in [6, 6.07) is 13.3. The molecule has 0 saturated carbocycles. The Balaban J connectivity index is 1.23. The monoisotopic (exact) mass is 467 g/mol. The van der Waals surface area contributed by atoms with Crippen molar-refractivity contribution in [1.29, 1.82) is 0 Å². The molecular weight excluding hydrogens is 446 g/mol. The zero-order valence-electron chi connectivity index (χ0n) is 17.6. The van der Waals surface area contributed by atoms with Gasteiger partial charge in [-0.1, -0.05) is 23.9 Å². The second kappa shape index (κ2) is 10.1. The van der Waals surface area contributed by atoms with Gasteiger partial charge in [0.2, 0.25) is 12.0 Å². The highest BCUT2D eigenvalue weighted by Gasteiger charge is 2.27. The number of aryl methyl sites for hydroxylation is 1. The number of hydrazine groups is 1. The molecule has 2 aromatic carbocycles. The van der Waals surface area contributed by atoms with Gasteiger partial charge in [-0.15, -0.1) is 0 Å². The quantitative estimate of drug-likeness (QED) is 0.373. The summed E-state index contributed by atoms with van der Waals surface area (Å²) in [7, 11) is 1.86. The van der Waals surface area contributed by atoms with E-state index in [4.69, 9.17) is 9.47 Å². The van der Waals surface area contributed by atoms with Crippen LogP contribution in [0.5, 0.6) is 11.5 Å².